The number of rotatable bonds is 5. The van der Waals surface area contributed by atoms with Crippen LogP contribution >= 0.6 is 0 Å². The van der Waals surface area contributed by atoms with Crippen molar-refractivity contribution in [1.29, 1.82) is 0 Å². The van der Waals surface area contributed by atoms with Gasteiger partial charge in [-0.25, -0.2) is 4.79 Å². The van der Waals surface area contributed by atoms with E-state index in [4.69, 9.17) is 5.73 Å². The molecule has 1 aliphatic carbocycles. The van der Waals surface area contributed by atoms with E-state index in [1.54, 1.807) is 6.07 Å². The fourth-order valence-electron chi connectivity index (χ4n) is 3.84. The number of hydrogen-bond acceptors (Lipinski definition) is 4. The van der Waals surface area contributed by atoms with Crippen molar-refractivity contribution in [2.24, 2.45) is 5.73 Å². The van der Waals surface area contributed by atoms with Crippen molar-refractivity contribution in [2.45, 2.75) is 37.8 Å². The van der Waals surface area contributed by atoms with E-state index < -0.39 is 28.5 Å². The lowest BCUT2D eigenvalue weighted by Gasteiger charge is -2.33. The predicted octanol–water partition coefficient (Wildman–Crippen LogP) is 2.91. The van der Waals surface area contributed by atoms with Gasteiger partial charge >= 0.3 is 6.03 Å². The van der Waals surface area contributed by atoms with Crippen LogP contribution in [0.5, 0.6) is 0 Å². The summed E-state index contributed by atoms with van der Waals surface area (Å²) < 4.78 is 0. The van der Waals surface area contributed by atoms with E-state index in [0.717, 1.165) is 11.1 Å². The molecule has 2 amide bonds. The van der Waals surface area contributed by atoms with Crippen molar-refractivity contribution >= 4 is 11.7 Å². The van der Waals surface area contributed by atoms with E-state index in [1.165, 1.54) is 17.0 Å². The Kier molecular flexibility index (Phi) is 4.89. The lowest BCUT2D eigenvalue weighted by molar-refractivity contribution is -0.385. The number of aliphatic hydroxyl groups is 1. The summed E-state index contributed by atoms with van der Waals surface area (Å²) in [5, 5.41) is 22.2. The highest BCUT2D eigenvalue weighted by atomic mass is 16.6. The number of nitrogens with zero attached hydrogens (tertiary/aromatic N) is 2. The van der Waals surface area contributed by atoms with Crippen molar-refractivity contribution in [3.8, 4) is 0 Å². The Bertz CT molecular complexity index is 867. The maximum absolute atomic E-state index is 12.2. The minimum absolute atomic E-state index is 0.0730. The fourth-order valence-corrected chi connectivity index (χ4v) is 3.84. The maximum Gasteiger partial charge on any atom is 0.315 e. The van der Waals surface area contributed by atoms with E-state index in [2.05, 4.69) is 0 Å². The summed E-state index contributed by atoms with van der Waals surface area (Å²) in [7, 11) is 0. The highest BCUT2D eigenvalue weighted by Crippen LogP contribution is 2.48. The number of carbonyl (C=O) groups excluding carboxylic acids is 1. The van der Waals surface area contributed by atoms with Crippen LogP contribution < -0.4 is 5.73 Å². The molecule has 3 N–H and O–H groups in total. The number of hydrogen-bond donors (Lipinski definition) is 2. The number of carbonyl (C=O) groups is 1. The molecule has 0 saturated heterocycles. The zero-order valence-electron chi connectivity index (χ0n) is 15.3. The first-order valence-electron chi connectivity index (χ1n) is 8.80. The molecule has 2 atom stereocenters. The van der Waals surface area contributed by atoms with Gasteiger partial charge in [0.2, 0.25) is 0 Å². The maximum atomic E-state index is 12.2. The number of fused-ring (bicyclic) bond motifs is 1. The van der Waals surface area contributed by atoms with E-state index in [0.29, 0.717) is 18.5 Å². The molecule has 142 valence electrons. The third kappa shape index (κ3) is 3.38. The molecule has 0 bridgehead atoms. The van der Waals surface area contributed by atoms with Gasteiger partial charge in [-0.2, -0.15) is 0 Å². The van der Waals surface area contributed by atoms with Gasteiger partial charge in [-0.15, -0.1) is 0 Å². The second-order valence-electron chi connectivity index (χ2n) is 7.41. The average molecular weight is 369 g/mol. The molecule has 7 heteroatoms. The Morgan fingerprint density at radius 1 is 1.26 bits per heavy atom. The first-order valence-corrected chi connectivity index (χ1v) is 8.80. The molecule has 7 nitrogen and oxygen atoms in total. The third-order valence-electron chi connectivity index (χ3n) is 5.40. The van der Waals surface area contributed by atoms with Gasteiger partial charge in [0.15, 0.2) is 0 Å². The monoisotopic (exact) mass is 369 g/mol. The number of nitrogens with two attached hydrogens (primary N) is 1. The molecule has 0 heterocycles. The summed E-state index contributed by atoms with van der Waals surface area (Å²) in [4.78, 5) is 24.3. The number of benzene rings is 2. The molecule has 0 aromatic heterocycles. The Labute approximate surface area is 157 Å². The normalized spacial score (nSPS) is 20.1. The van der Waals surface area contributed by atoms with Gasteiger partial charge in [-0.3, -0.25) is 10.1 Å². The quantitative estimate of drug-likeness (QED) is 0.624. The van der Waals surface area contributed by atoms with Crippen molar-refractivity contribution in [3.05, 3.63) is 75.3 Å². The standard InChI is InChI=1S/C20H23N3O4/c1-20(2)16-9-8-14(23(26)27)12-15(16)17(18(20)24)22(19(21)25)11-10-13-6-4-3-5-7-13/h3-9,12,17-18,24H,10-11H2,1-2H3,(H2,21,25)/t17-,18+/m1/s1. The lowest BCUT2D eigenvalue weighted by atomic mass is 9.84. The molecule has 0 unspecified atom stereocenters. The van der Waals surface area contributed by atoms with Crippen LogP contribution in [0.15, 0.2) is 48.5 Å². The lowest BCUT2D eigenvalue weighted by Crippen LogP contribution is -2.46. The summed E-state index contributed by atoms with van der Waals surface area (Å²) >= 11 is 0. The van der Waals surface area contributed by atoms with Crippen LogP contribution in [0, 0.1) is 10.1 Å². The predicted molar refractivity (Wildman–Crippen MR) is 101 cm³/mol. The smallest absolute Gasteiger partial charge is 0.315 e. The van der Waals surface area contributed by atoms with Crippen molar-refractivity contribution < 1.29 is 14.8 Å². The zero-order valence-corrected chi connectivity index (χ0v) is 15.3. The number of aliphatic hydroxyl groups excluding tert-OH is 1. The molecule has 0 radical (unpaired) electrons. The summed E-state index contributed by atoms with van der Waals surface area (Å²) in [6.45, 7) is 4.02. The van der Waals surface area contributed by atoms with Gasteiger partial charge in [0, 0.05) is 24.1 Å². The fraction of sp³-hybridized carbons (Fsp3) is 0.350. The van der Waals surface area contributed by atoms with Gasteiger partial charge in [0.25, 0.3) is 5.69 Å². The highest BCUT2D eigenvalue weighted by molar-refractivity contribution is 5.73. The van der Waals surface area contributed by atoms with Crippen LogP contribution in [0.4, 0.5) is 10.5 Å². The topological polar surface area (TPSA) is 110 Å². The molecule has 0 saturated carbocycles. The van der Waals surface area contributed by atoms with E-state index in [1.807, 2.05) is 44.2 Å². The minimum atomic E-state index is -0.919. The molecule has 0 spiro atoms. The van der Waals surface area contributed by atoms with Crippen LogP contribution in [-0.2, 0) is 11.8 Å². The second kappa shape index (κ2) is 7.00. The molecule has 3 rings (SSSR count). The minimum Gasteiger partial charge on any atom is -0.390 e. The highest BCUT2D eigenvalue weighted by Gasteiger charge is 2.49. The Morgan fingerprint density at radius 3 is 2.52 bits per heavy atom. The Hall–Kier alpha value is -2.93. The summed E-state index contributed by atoms with van der Waals surface area (Å²) in [5.41, 5.74) is 7.30. The number of amides is 2. The van der Waals surface area contributed by atoms with Crippen LogP contribution in [0.2, 0.25) is 0 Å². The summed E-state index contributed by atoms with van der Waals surface area (Å²) in [5.74, 6) is 0. The number of urea groups is 1. The van der Waals surface area contributed by atoms with Crippen LogP contribution in [-0.4, -0.2) is 33.6 Å². The molecule has 0 aliphatic heterocycles. The van der Waals surface area contributed by atoms with Gasteiger partial charge in [0.1, 0.15) is 0 Å². The van der Waals surface area contributed by atoms with E-state index in [9.17, 15) is 20.0 Å². The van der Waals surface area contributed by atoms with Crippen LogP contribution in [0.3, 0.4) is 0 Å². The van der Waals surface area contributed by atoms with Crippen molar-refractivity contribution in [2.75, 3.05) is 6.54 Å². The average Bonchev–Trinajstić information content (AvgIpc) is 2.83. The van der Waals surface area contributed by atoms with Crippen LogP contribution in [0.25, 0.3) is 0 Å². The molecule has 27 heavy (non-hydrogen) atoms. The van der Waals surface area contributed by atoms with Crippen molar-refractivity contribution in [3.63, 3.8) is 0 Å². The Balaban J connectivity index is 1.98. The third-order valence-corrected chi connectivity index (χ3v) is 5.40. The summed E-state index contributed by atoms with van der Waals surface area (Å²) in [6.07, 6.45) is -0.352. The molecule has 2 aromatic rings. The SMILES string of the molecule is CC1(C)c2ccc([N+](=O)[O-])cc2[C@@H](N(CCc2ccccc2)C(N)=O)[C@@H]1O. The number of nitro benzene ring substituents is 1. The first kappa shape index (κ1) is 18.8. The molecule has 2 aromatic carbocycles. The molecule has 1 aliphatic rings. The molecular formula is C20H23N3O4. The number of nitro groups is 1. The van der Waals surface area contributed by atoms with Crippen molar-refractivity contribution in [1.82, 2.24) is 4.90 Å². The summed E-state index contributed by atoms with van der Waals surface area (Å²) in [6, 6.07) is 12.8. The largest absolute Gasteiger partial charge is 0.390 e. The molecular weight excluding hydrogens is 346 g/mol. The van der Waals surface area contributed by atoms with Crippen LogP contribution in [0.1, 0.15) is 36.6 Å². The van der Waals surface area contributed by atoms with Gasteiger partial charge in [0.05, 0.1) is 17.1 Å². The zero-order chi connectivity index (χ0) is 19.8. The van der Waals surface area contributed by atoms with Gasteiger partial charge < -0.3 is 15.7 Å². The van der Waals surface area contributed by atoms with E-state index in [-0.39, 0.29) is 5.69 Å². The van der Waals surface area contributed by atoms with Gasteiger partial charge in [-0.1, -0.05) is 50.2 Å². The number of non-ortho nitro benzene ring substituents is 1. The van der Waals surface area contributed by atoms with E-state index >= 15 is 0 Å². The van der Waals surface area contributed by atoms with Gasteiger partial charge in [-0.05, 0) is 23.1 Å². The molecule has 0 fully saturated rings. The Morgan fingerprint density at radius 2 is 1.93 bits per heavy atom. The number of primary amides is 1. The second-order valence-corrected chi connectivity index (χ2v) is 7.41. The first-order chi connectivity index (χ1) is 12.7.